The molecule has 1 aromatic rings. The van der Waals surface area contributed by atoms with Gasteiger partial charge in [-0.3, -0.25) is 0 Å². The average Bonchev–Trinajstić information content (AvgIpc) is 2.81. The van der Waals surface area contributed by atoms with E-state index >= 15 is 0 Å². The van der Waals surface area contributed by atoms with Crippen LogP contribution in [0.15, 0.2) is 12.4 Å². The van der Waals surface area contributed by atoms with E-state index < -0.39 is 23.9 Å². The predicted octanol–water partition coefficient (Wildman–Crippen LogP) is 0.822. The van der Waals surface area contributed by atoms with Gasteiger partial charge >= 0.3 is 6.09 Å². The van der Waals surface area contributed by atoms with Crippen molar-refractivity contribution >= 4 is 6.09 Å². The van der Waals surface area contributed by atoms with Gasteiger partial charge in [0.1, 0.15) is 23.6 Å². The molecule has 1 aromatic heterocycles. The number of ether oxygens (including phenoxy) is 1. The molecule has 0 saturated carbocycles. The summed E-state index contributed by atoms with van der Waals surface area (Å²) in [6.45, 7) is 7.66. The number of carbonyl (C=O) groups is 1. The number of rotatable bonds is 5. The number of alkyl carbamates (subject to hydrolysis) is 1. The maximum absolute atomic E-state index is 11.4. The van der Waals surface area contributed by atoms with Crippen molar-refractivity contribution in [2.75, 3.05) is 6.54 Å². The monoisotopic (exact) mass is 285 g/mol. The summed E-state index contributed by atoms with van der Waals surface area (Å²) in [7, 11) is 0. The van der Waals surface area contributed by atoms with Crippen LogP contribution in [-0.2, 0) is 11.3 Å². The number of hydrogen-bond acceptors (Lipinski definition) is 5. The summed E-state index contributed by atoms with van der Waals surface area (Å²) in [6, 6.07) is 0. The lowest BCUT2D eigenvalue weighted by Crippen LogP contribution is -2.39. The summed E-state index contributed by atoms with van der Waals surface area (Å²) >= 11 is 0. The van der Waals surface area contributed by atoms with Crippen LogP contribution in [0.2, 0.25) is 0 Å². The molecular formula is C13H23N3O4. The fraction of sp³-hybridized carbons (Fsp3) is 0.692. The number of nitrogens with zero attached hydrogens (tertiary/aromatic N) is 2. The second kappa shape index (κ2) is 6.71. The van der Waals surface area contributed by atoms with Crippen molar-refractivity contribution in [2.45, 2.75) is 52.0 Å². The molecule has 1 amide bonds. The first-order valence-corrected chi connectivity index (χ1v) is 6.58. The Morgan fingerprint density at radius 1 is 1.50 bits per heavy atom. The number of carbonyl (C=O) groups excluding carboxylic acids is 1. The molecular weight excluding hydrogens is 262 g/mol. The number of aromatic nitrogens is 2. The largest absolute Gasteiger partial charge is 0.444 e. The third kappa shape index (κ3) is 4.82. The lowest BCUT2D eigenvalue weighted by molar-refractivity contribution is 0.00696. The molecule has 0 radical (unpaired) electrons. The van der Waals surface area contributed by atoms with Gasteiger partial charge in [-0.1, -0.05) is 0 Å². The first-order valence-electron chi connectivity index (χ1n) is 6.58. The highest BCUT2D eigenvalue weighted by Gasteiger charge is 2.24. The minimum Gasteiger partial charge on any atom is -0.444 e. The van der Waals surface area contributed by atoms with E-state index in [4.69, 9.17) is 4.74 Å². The van der Waals surface area contributed by atoms with E-state index in [-0.39, 0.29) is 6.54 Å². The minimum atomic E-state index is -1.17. The first kappa shape index (κ1) is 16.5. The Hall–Kier alpha value is -1.60. The molecule has 20 heavy (non-hydrogen) atoms. The first-order chi connectivity index (χ1) is 9.24. The number of amides is 1. The van der Waals surface area contributed by atoms with Crippen LogP contribution < -0.4 is 5.32 Å². The van der Waals surface area contributed by atoms with Crippen LogP contribution in [0.4, 0.5) is 4.79 Å². The maximum Gasteiger partial charge on any atom is 0.407 e. The normalized spacial score (nSPS) is 14.7. The standard InChI is InChI=1S/C13H23N3O4/c1-5-16-7-6-14-11(16)10(18)9(17)8-15-12(19)20-13(2,3)4/h6-7,9-10,17-18H,5,8H2,1-4H3,(H,15,19). The molecule has 2 atom stereocenters. The van der Waals surface area contributed by atoms with Gasteiger partial charge in [-0.25, -0.2) is 9.78 Å². The van der Waals surface area contributed by atoms with Gasteiger partial charge in [-0.2, -0.15) is 0 Å². The zero-order chi connectivity index (χ0) is 15.3. The van der Waals surface area contributed by atoms with E-state index in [9.17, 15) is 15.0 Å². The van der Waals surface area contributed by atoms with Gasteiger partial charge in [0.2, 0.25) is 0 Å². The Morgan fingerprint density at radius 2 is 2.15 bits per heavy atom. The van der Waals surface area contributed by atoms with E-state index in [1.54, 1.807) is 37.7 Å². The van der Waals surface area contributed by atoms with Crippen LogP contribution in [0.3, 0.4) is 0 Å². The molecule has 3 N–H and O–H groups in total. The van der Waals surface area contributed by atoms with Gasteiger partial charge in [0.25, 0.3) is 0 Å². The number of imidazole rings is 1. The van der Waals surface area contributed by atoms with Gasteiger partial charge in [0.05, 0.1) is 0 Å². The van der Waals surface area contributed by atoms with Crippen LogP contribution in [0.25, 0.3) is 0 Å². The SMILES string of the molecule is CCn1ccnc1C(O)C(O)CNC(=O)OC(C)(C)C. The summed E-state index contributed by atoms with van der Waals surface area (Å²) in [5.74, 6) is 0.367. The number of aliphatic hydroxyl groups excluding tert-OH is 2. The number of aliphatic hydroxyl groups is 2. The molecule has 0 aliphatic rings. The molecule has 7 nitrogen and oxygen atoms in total. The molecule has 0 bridgehead atoms. The Balaban J connectivity index is 2.50. The van der Waals surface area contributed by atoms with Crippen molar-refractivity contribution in [3.63, 3.8) is 0 Å². The van der Waals surface area contributed by atoms with Crippen molar-refractivity contribution in [1.29, 1.82) is 0 Å². The zero-order valence-corrected chi connectivity index (χ0v) is 12.3. The minimum absolute atomic E-state index is 0.118. The fourth-order valence-corrected chi connectivity index (χ4v) is 1.64. The van der Waals surface area contributed by atoms with E-state index in [0.29, 0.717) is 12.4 Å². The fourth-order valence-electron chi connectivity index (χ4n) is 1.64. The molecule has 0 saturated heterocycles. The van der Waals surface area contributed by atoms with Crippen LogP contribution in [0, 0.1) is 0 Å². The molecule has 2 unspecified atom stereocenters. The summed E-state index contributed by atoms with van der Waals surface area (Å²) in [4.78, 5) is 15.5. The quantitative estimate of drug-likeness (QED) is 0.744. The highest BCUT2D eigenvalue weighted by Crippen LogP contribution is 2.15. The van der Waals surface area contributed by atoms with Gasteiger partial charge < -0.3 is 24.8 Å². The Kier molecular flexibility index (Phi) is 5.52. The third-order valence-corrected chi connectivity index (χ3v) is 2.57. The van der Waals surface area contributed by atoms with Gasteiger partial charge in [-0.15, -0.1) is 0 Å². The molecule has 0 aromatic carbocycles. The lowest BCUT2D eigenvalue weighted by Gasteiger charge is -2.22. The predicted molar refractivity (Wildman–Crippen MR) is 73.1 cm³/mol. The highest BCUT2D eigenvalue weighted by atomic mass is 16.6. The Morgan fingerprint density at radius 3 is 2.70 bits per heavy atom. The highest BCUT2D eigenvalue weighted by molar-refractivity contribution is 5.67. The van der Waals surface area contributed by atoms with Crippen molar-refractivity contribution < 1.29 is 19.7 Å². The number of nitrogens with one attached hydrogen (secondary N) is 1. The van der Waals surface area contributed by atoms with E-state index in [2.05, 4.69) is 10.3 Å². The molecule has 114 valence electrons. The van der Waals surface area contributed by atoms with Crippen LogP contribution >= 0.6 is 0 Å². The summed E-state index contributed by atoms with van der Waals surface area (Å²) in [5.41, 5.74) is -0.605. The second-order valence-electron chi connectivity index (χ2n) is 5.47. The zero-order valence-electron chi connectivity index (χ0n) is 12.3. The molecule has 0 aliphatic carbocycles. The van der Waals surface area contributed by atoms with E-state index in [1.165, 1.54) is 0 Å². The number of hydrogen-bond donors (Lipinski definition) is 3. The molecule has 7 heteroatoms. The Bertz CT molecular complexity index is 439. The molecule has 0 fully saturated rings. The van der Waals surface area contributed by atoms with Gasteiger partial charge in [-0.05, 0) is 27.7 Å². The van der Waals surface area contributed by atoms with Gasteiger partial charge in [0, 0.05) is 25.5 Å². The number of aryl methyl sites for hydroxylation is 1. The van der Waals surface area contributed by atoms with Crippen LogP contribution in [-0.4, -0.2) is 44.1 Å². The van der Waals surface area contributed by atoms with Crippen molar-refractivity contribution in [3.05, 3.63) is 18.2 Å². The van der Waals surface area contributed by atoms with Crippen molar-refractivity contribution in [2.24, 2.45) is 0 Å². The van der Waals surface area contributed by atoms with Crippen molar-refractivity contribution in [3.8, 4) is 0 Å². The summed E-state index contributed by atoms with van der Waals surface area (Å²) < 4.78 is 6.76. The Labute approximate surface area is 118 Å². The third-order valence-electron chi connectivity index (χ3n) is 2.57. The van der Waals surface area contributed by atoms with Crippen LogP contribution in [0.5, 0.6) is 0 Å². The smallest absolute Gasteiger partial charge is 0.407 e. The molecule has 1 rings (SSSR count). The maximum atomic E-state index is 11.4. The lowest BCUT2D eigenvalue weighted by atomic mass is 10.2. The molecule has 0 spiro atoms. The summed E-state index contributed by atoms with van der Waals surface area (Å²) in [5, 5.41) is 22.3. The average molecular weight is 285 g/mol. The van der Waals surface area contributed by atoms with Gasteiger partial charge in [0.15, 0.2) is 0 Å². The second-order valence-corrected chi connectivity index (χ2v) is 5.47. The summed E-state index contributed by atoms with van der Waals surface area (Å²) in [6.07, 6.45) is 0.306. The topological polar surface area (TPSA) is 96.6 Å². The molecule has 1 heterocycles. The van der Waals surface area contributed by atoms with E-state index in [1.807, 2.05) is 6.92 Å². The van der Waals surface area contributed by atoms with Crippen LogP contribution in [0.1, 0.15) is 39.6 Å². The van der Waals surface area contributed by atoms with Crippen molar-refractivity contribution in [1.82, 2.24) is 14.9 Å². The van der Waals surface area contributed by atoms with E-state index in [0.717, 1.165) is 0 Å². The molecule has 0 aliphatic heterocycles.